The molecule has 23 heavy (non-hydrogen) atoms. The van der Waals surface area contributed by atoms with E-state index in [4.69, 9.17) is 4.74 Å². The molecule has 0 saturated heterocycles. The molecule has 0 aliphatic rings. The number of rotatable bonds is 4. The zero-order chi connectivity index (χ0) is 15.6. The zero-order valence-electron chi connectivity index (χ0n) is 12.3. The van der Waals surface area contributed by atoms with Gasteiger partial charge in [0.1, 0.15) is 5.75 Å². The average molecular weight is 368 g/mol. The fourth-order valence-corrected chi connectivity index (χ4v) is 2.75. The van der Waals surface area contributed by atoms with E-state index in [-0.39, 0.29) is 0 Å². The lowest BCUT2D eigenvalue weighted by atomic mass is 10.1. The maximum atomic E-state index is 5.57. The minimum atomic E-state index is 0.657. The first-order valence-electron chi connectivity index (χ1n) is 7.38. The van der Waals surface area contributed by atoms with Gasteiger partial charge in [-0.2, -0.15) is 0 Å². The van der Waals surface area contributed by atoms with Crippen molar-refractivity contribution in [3.8, 4) is 17.0 Å². The molecule has 2 aromatic heterocycles. The molecule has 5 heteroatoms. The molecule has 0 amide bonds. The Kier molecular flexibility index (Phi) is 3.71. The van der Waals surface area contributed by atoms with E-state index in [9.17, 15) is 0 Å². The summed E-state index contributed by atoms with van der Waals surface area (Å²) in [5, 5.41) is 0.820. The lowest BCUT2D eigenvalue weighted by molar-refractivity contribution is 0.345. The fraction of sp³-hybridized carbons (Fsp3) is 0.111. The lowest BCUT2D eigenvalue weighted by Crippen LogP contribution is -1.97. The lowest BCUT2D eigenvalue weighted by Gasteiger charge is -2.05. The Labute approximate surface area is 141 Å². The second-order valence-electron chi connectivity index (χ2n) is 5.15. The highest BCUT2D eigenvalue weighted by atomic mass is 79.9. The normalized spacial score (nSPS) is 11.2. The molecule has 0 aliphatic carbocycles. The van der Waals surface area contributed by atoms with Crippen molar-refractivity contribution in [3.05, 3.63) is 60.8 Å². The number of para-hydroxylation sites is 2. The summed E-state index contributed by atoms with van der Waals surface area (Å²) < 4.78 is 7.58. The topological polar surface area (TPSA) is 39.4 Å². The summed E-state index contributed by atoms with van der Waals surface area (Å²) in [5.74, 6) is 1.57. The molecular formula is C18H14BrN3O. The van der Waals surface area contributed by atoms with Crippen molar-refractivity contribution < 1.29 is 4.74 Å². The average Bonchev–Trinajstić information content (AvgIpc) is 2.98. The predicted molar refractivity (Wildman–Crippen MR) is 95.2 cm³/mol. The van der Waals surface area contributed by atoms with E-state index in [0.29, 0.717) is 12.4 Å². The SMILES string of the molecule is BrCCOc1ccc(-c2ccn3c(n2)nc2ccccc23)cc1. The smallest absolute Gasteiger partial charge is 0.235 e. The largest absolute Gasteiger partial charge is 0.493 e. The van der Waals surface area contributed by atoms with E-state index >= 15 is 0 Å². The number of nitrogens with zero attached hydrogens (tertiary/aromatic N) is 3. The van der Waals surface area contributed by atoms with Gasteiger partial charge in [-0.25, -0.2) is 9.97 Å². The van der Waals surface area contributed by atoms with Crippen molar-refractivity contribution in [3.63, 3.8) is 0 Å². The third-order valence-electron chi connectivity index (χ3n) is 3.68. The number of hydrogen-bond donors (Lipinski definition) is 0. The van der Waals surface area contributed by atoms with Crippen LogP contribution in [0.25, 0.3) is 28.1 Å². The van der Waals surface area contributed by atoms with Gasteiger partial charge in [-0.1, -0.05) is 28.1 Å². The minimum absolute atomic E-state index is 0.657. The van der Waals surface area contributed by atoms with Gasteiger partial charge in [-0.3, -0.25) is 4.40 Å². The first-order valence-corrected chi connectivity index (χ1v) is 8.50. The molecule has 0 atom stereocenters. The number of ether oxygens (including phenoxy) is 1. The van der Waals surface area contributed by atoms with Crippen LogP contribution < -0.4 is 4.74 Å². The van der Waals surface area contributed by atoms with E-state index in [0.717, 1.165) is 33.4 Å². The Morgan fingerprint density at radius 3 is 2.61 bits per heavy atom. The van der Waals surface area contributed by atoms with Gasteiger partial charge in [0.05, 0.1) is 23.3 Å². The molecule has 0 fully saturated rings. The Morgan fingerprint density at radius 2 is 1.78 bits per heavy atom. The van der Waals surface area contributed by atoms with Crippen LogP contribution in [0.1, 0.15) is 0 Å². The molecular weight excluding hydrogens is 354 g/mol. The van der Waals surface area contributed by atoms with Gasteiger partial charge in [0.15, 0.2) is 0 Å². The van der Waals surface area contributed by atoms with Crippen molar-refractivity contribution in [1.29, 1.82) is 0 Å². The van der Waals surface area contributed by atoms with Crippen molar-refractivity contribution in [2.45, 2.75) is 0 Å². The van der Waals surface area contributed by atoms with Crippen LogP contribution in [-0.4, -0.2) is 26.3 Å². The third kappa shape index (κ3) is 2.68. The van der Waals surface area contributed by atoms with Crippen molar-refractivity contribution in [2.24, 2.45) is 0 Å². The molecule has 4 aromatic rings. The Hall–Kier alpha value is -2.40. The first-order chi connectivity index (χ1) is 11.3. The quantitative estimate of drug-likeness (QED) is 0.504. The standard InChI is InChI=1S/C18H14BrN3O/c19-10-12-23-14-7-5-13(6-8-14)15-9-11-22-17-4-2-1-3-16(17)21-18(22)20-15/h1-9,11H,10,12H2. The summed E-state index contributed by atoms with van der Waals surface area (Å²) in [4.78, 5) is 9.26. The van der Waals surface area contributed by atoms with Crippen molar-refractivity contribution in [1.82, 2.24) is 14.4 Å². The summed E-state index contributed by atoms with van der Waals surface area (Å²) in [6, 6.07) is 18.0. The van der Waals surface area contributed by atoms with Gasteiger partial charge < -0.3 is 4.74 Å². The Bertz CT molecular complexity index is 963. The van der Waals surface area contributed by atoms with E-state index in [1.54, 1.807) is 0 Å². The van der Waals surface area contributed by atoms with Crippen molar-refractivity contribution in [2.75, 3.05) is 11.9 Å². The van der Waals surface area contributed by atoms with E-state index < -0.39 is 0 Å². The van der Waals surface area contributed by atoms with E-state index in [2.05, 4.69) is 25.9 Å². The number of imidazole rings is 1. The van der Waals surface area contributed by atoms with Gasteiger partial charge in [0, 0.05) is 17.1 Å². The third-order valence-corrected chi connectivity index (χ3v) is 4.00. The Morgan fingerprint density at radius 1 is 0.957 bits per heavy atom. The monoisotopic (exact) mass is 367 g/mol. The molecule has 0 bridgehead atoms. The zero-order valence-corrected chi connectivity index (χ0v) is 13.9. The number of fused-ring (bicyclic) bond motifs is 3. The molecule has 0 unspecified atom stereocenters. The maximum Gasteiger partial charge on any atom is 0.235 e. The van der Waals surface area contributed by atoms with E-state index in [1.807, 2.05) is 65.2 Å². The molecule has 0 aliphatic heterocycles. The molecule has 4 rings (SSSR count). The number of alkyl halides is 1. The molecule has 0 radical (unpaired) electrons. The first kappa shape index (κ1) is 14.2. The second kappa shape index (κ2) is 6.01. The highest BCUT2D eigenvalue weighted by Gasteiger charge is 2.07. The minimum Gasteiger partial charge on any atom is -0.493 e. The number of hydrogen-bond acceptors (Lipinski definition) is 3. The van der Waals surface area contributed by atoms with Gasteiger partial charge >= 0.3 is 0 Å². The van der Waals surface area contributed by atoms with Crippen LogP contribution >= 0.6 is 15.9 Å². The maximum absolute atomic E-state index is 5.57. The van der Waals surface area contributed by atoms with E-state index in [1.165, 1.54) is 0 Å². The van der Waals surface area contributed by atoms with Crippen LogP contribution in [-0.2, 0) is 0 Å². The van der Waals surface area contributed by atoms with Gasteiger partial charge in [0.25, 0.3) is 0 Å². The molecule has 2 aromatic carbocycles. The highest BCUT2D eigenvalue weighted by molar-refractivity contribution is 9.09. The molecule has 114 valence electrons. The Balaban J connectivity index is 1.72. The van der Waals surface area contributed by atoms with Gasteiger partial charge in [-0.05, 0) is 42.5 Å². The van der Waals surface area contributed by atoms with Crippen LogP contribution in [0, 0.1) is 0 Å². The van der Waals surface area contributed by atoms with Crippen LogP contribution in [0.3, 0.4) is 0 Å². The summed E-state index contributed by atoms with van der Waals surface area (Å²) in [6.07, 6.45) is 2.02. The summed E-state index contributed by atoms with van der Waals surface area (Å²) in [6.45, 7) is 0.657. The van der Waals surface area contributed by atoms with Crippen LogP contribution in [0.5, 0.6) is 5.75 Å². The number of halogens is 1. The van der Waals surface area contributed by atoms with Crippen LogP contribution in [0.15, 0.2) is 60.8 Å². The highest BCUT2D eigenvalue weighted by Crippen LogP contribution is 2.23. The van der Waals surface area contributed by atoms with Crippen LogP contribution in [0.4, 0.5) is 0 Å². The number of aromatic nitrogens is 3. The predicted octanol–water partition coefficient (Wildman–Crippen LogP) is 4.32. The van der Waals surface area contributed by atoms with Crippen LogP contribution in [0.2, 0.25) is 0 Å². The molecule has 4 nitrogen and oxygen atoms in total. The molecule has 0 N–H and O–H groups in total. The van der Waals surface area contributed by atoms with Gasteiger partial charge in [0.2, 0.25) is 5.78 Å². The van der Waals surface area contributed by atoms with Crippen molar-refractivity contribution >= 4 is 32.7 Å². The number of benzene rings is 2. The molecule has 0 spiro atoms. The molecule has 2 heterocycles. The summed E-state index contributed by atoms with van der Waals surface area (Å²) in [5.41, 5.74) is 3.97. The summed E-state index contributed by atoms with van der Waals surface area (Å²) >= 11 is 3.35. The second-order valence-corrected chi connectivity index (χ2v) is 5.94. The summed E-state index contributed by atoms with van der Waals surface area (Å²) in [7, 11) is 0. The van der Waals surface area contributed by atoms with Gasteiger partial charge in [-0.15, -0.1) is 0 Å². The molecule has 0 saturated carbocycles. The fourth-order valence-electron chi connectivity index (χ4n) is 2.59.